The molecule has 0 aromatic carbocycles. The SMILES string of the molecule is CCCCC1CC(C2CCN(C(=O)O)CC2)CCN1CCC(=O)OCC. The van der Waals surface area contributed by atoms with Crippen LogP contribution in [0.3, 0.4) is 0 Å². The molecule has 6 heteroatoms. The predicted octanol–water partition coefficient (Wildman–Crippen LogP) is 3.60. The van der Waals surface area contributed by atoms with Gasteiger partial charge in [-0.15, -0.1) is 0 Å². The number of hydrogen-bond donors (Lipinski definition) is 1. The van der Waals surface area contributed by atoms with Gasteiger partial charge < -0.3 is 14.7 Å². The summed E-state index contributed by atoms with van der Waals surface area (Å²) in [5.41, 5.74) is 0. The first-order chi connectivity index (χ1) is 12.5. The van der Waals surface area contributed by atoms with Crippen molar-refractivity contribution in [2.75, 3.05) is 32.8 Å². The largest absolute Gasteiger partial charge is 0.466 e. The third-order valence-corrected chi connectivity index (χ3v) is 6.15. The number of carboxylic acid groups (broad SMARTS) is 1. The summed E-state index contributed by atoms with van der Waals surface area (Å²) in [5.74, 6) is 1.26. The number of likely N-dealkylation sites (tertiary alicyclic amines) is 2. The summed E-state index contributed by atoms with van der Waals surface area (Å²) in [4.78, 5) is 26.9. The van der Waals surface area contributed by atoms with Crippen LogP contribution in [0.1, 0.15) is 65.2 Å². The lowest BCUT2D eigenvalue weighted by Crippen LogP contribution is -2.47. The molecule has 0 radical (unpaired) electrons. The molecule has 2 atom stereocenters. The zero-order chi connectivity index (χ0) is 18.9. The molecule has 1 amide bonds. The standard InChI is InChI=1S/C20H36N2O4/c1-3-5-6-18-15-17(16-7-12-22(13-8-16)20(24)25)9-11-21(18)14-10-19(23)26-4-2/h16-18H,3-15H2,1-2H3,(H,24,25). The van der Waals surface area contributed by atoms with Gasteiger partial charge in [0.2, 0.25) is 0 Å². The predicted molar refractivity (Wildman–Crippen MR) is 101 cm³/mol. The van der Waals surface area contributed by atoms with E-state index < -0.39 is 6.09 Å². The fraction of sp³-hybridized carbons (Fsp3) is 0.900. The van der Waals surface area contributed by atoms with E-state index in [4.69, 9.17) is 9.84 Å². The number of nitrogens with zero attached hydrogens (tertiary/aromatic N) is 2. The van der Waals surface area contributed by atoms with Gasteiger partial charge in [0.25, 0.3) is 0 Å². The smallest absolute Gasteiger partial charge is 0.407 e. The molecule has 0 aromatic heterocycles. The summed E-state index contributed by atoms with van der Waals surface area (Å²) in [6.07, 6.45) is 7.69. The molecule has 0 aliphatic carbocycles. The van der Waals surface area contributed by atoms with Crippen molar-refractivity contribution in [3.8, 4) is 0 Å². The average Bonchev–Trinajstić information content (AvgIpc) is 2.65. The van der Waals surface area contributed by atoms with Crippen molar-refractivity contribution >= 4 is 12.1 Å². The third kappa shape index (κ3) is 6.15. The molecule has 0 saturated carbocycles. The first kappa shape index (κ1) is 21.0. The van der Waals surface area contributed by atoms with Crippen LogP contribution < -0.4 is 0 Å². The minimum absolute atomic E-state index is 0.0927. The van der Waals surface area contributed by atoms with E-state index in [1.807, 2.05) is 6.92 Å². The Kier molecular flexibility index (Phi) is 8.69. The van der Waals surface area contributed by atoms with E-state index in [1.54, 1.807) is 4.90 Å². The Labute approximate surface area is 157 Å². The number of carbonyl (C=O) groups excluding carboxylic acids is 1. The molecule has 26 heavy (non-hydrogen) atoms. The van der Waals surface area contributed by atoms with Crippen LogP contribution in [0.25, 0.3) is 0 Å². The number of carbonyl (C=O) groups is 2. The molecule has 2 saturated heterocycles. The Morgan fingerprint density at radius 2 is 1.77 bits per heavy atom. The molecule has 2 aliphatic heterocycles. The van der Waals surface area contributed by atoms with Crippen molar-refractivity contribution < 1.29 is 19.4 Å². The highest BCUT2D eigenvalue weighted by molar-refractivity contribution is 5.69. The molecule has 2 rings (SSSR count). The molecular weight excluding hydrogens is 332 g/mol. The number of esters is 1. The summed E-state index contributed by atoms with van der Waals surface area (Å²) in [5, 5.41) is 9.13. The molecule has 0 aromatic rings. The molecule has 2 aliphatic rings. The molecule has 2 heterocycles. The van der Waals surface area contributed by atoms with E-state index in [1.165, 1.54) is 32.1 Å². The topological polar surface area (TPSA) is 70.1 Å². The summed E-state index contributed by atoms with van der Waals surface area (Å²) in [7, 11) is 0. The lowest BCUT2D eigenvalue weighted by Gasteiger charge is -2.44. The number of rotatable bonds is 8. The van der Waals surface area contributed by atoms with Gasteiger partial charge in [-0.25, -0.2) is 4.79 Å². The highest BCUT2D eigenvalue weighted by atomic mass is 16.5. The van der Waals surface area contributed by atoms with Gasteiger partial charge in [-0.2, -0.15) is 0 Å². The average molecular weight is 369 g/mol. The van der Waals surface area contributed by atoms with Crippen molar-refractivity contribution in [1.82, 2.24) is 9.80 Å². The van der Waals surface area contributed by atoms with Gasteiger partial charge in [-0.1, -0.05) is 19.8 Å². The Hall–Kier alpha value is -1.30. The Morgan fingerprint density at radius 3 is 2.38 bits per heavy atom. The fourth-order valence-electron chi connectivity index (χ4n) is 4.62. The lowest BCUT2D eigenvalue weighted by molar-refractivity contribution is -0.143. The van der Waals surface area contributed by atoms with Crippen LogP contribution >= 0.6 is 0 Å². The van der Waals surface area contributed by atoms with E-state index in [0.717, 1.165) is 25.9 Å². The maximum atomic E-state index is 11.7. The van der Waals surface area contributed by atoms with Crippen LogP contribution in [0.2, 0.25) is 0 Å². The molecule has 0 bridgehead atoms. The van der Waals surface area contributed by atoms with Crippen LogP contribution in [0.4, 0.5) is 4.79 Å². The van der Waals surface area contributed by atoms with Gasteiger partial charge in [0.1, 0.15) is 0 Å². The van der Waals surface area contributed by atoms with E-state index in [9.17, 15) is 9.59 Å². The highest BCUT2D eigenvalue weighted by Gasteiger charge is 2.34. The molecule has 1 N–H and O–H groups in total. The van der Waals surface area contributed by atoms with Crippen molar-refractivity contribution in [2.45, 2.75) is 71.3 Å². The van der Waals surface area contributed by atoms with Crippen LogP contribution in [0, 0.1) is 11.8 Å². The van der Waals surface area contributed by atoms with E-state index >= 15 is 0 Å². The Morgan fingerprint density at radius 1 is 1.08 bits per heavy atom. The second kappa shape index (κ2) is 10.8. The minimum atomic E-state index is -0.780. The third-order valence-electron chi connectivity index (χ3n) is 6.15. The van der Waals surface area contributed by atoms with Crippen molar-refractivity contribution in [3.05, 3.63) is 0 Å². The van der Waals surface area contributed by atoms with Gasteiger partial charge in [-0.05, 0) is 57.4 Å². The molecule has 0 spiro atoms. The molecule has 2 fully saturated rings. The van der Waals surface area contributed by atoms with Crippen molar-refractivity contribution in [1.29, 1.82) is 0 Å². The fourth-order valence-corrected chi connectivity index (χ4v) is 4.62. The molecule has 2 unspecified atom stereocenters. The molecular formula is C20H36N2O4. The van der Waals surface area contributed by atoms with Crippen LogP contribution in [-0.2, 0) is 9.53 Å². The second-order valence-electron chi connectivity index (χ2n) is 7.78. The number of piperidine rings is 2. The van der Waals surface area contributed by atoms with E-state index in [-0.39, 0.29) is 5.97 Å². The first-order valence-electron chi connectivity index (χ1n) is 10.4. The van der Waals surface area contributed by atoms with Gasteiger partial charge >= 0.3 is 12.1 Å². The van der Waals surface area contributed by atoms with Crippen LogP contribution in [-0.4, -0.2) is 65.8 Å². The van der Waals surface area contributed by atoms with Crippen molar-refractivity contribution in [2.24, 2.45) is 11.8 Å². The first-order valence-corrected chi connectivity index (χ1v) is 10.4. The molecule has 150 valence electrons. The summed E-state index contributed by atoms with van der Waals surface area (Å²) < 4.78 is 5.08. The Bertz CT molecular complexity index is 449. The zero-order valence-electron chi connectivity index (χ0n) is 16.5. The number of ether oxygens (including phenoxy) is 1. The molecule has 6 nitrogen and oxygen atoms in total. The lowest BCUT2D eigenvalue weighted by atomic mass is 9.76. The Balaban J connectivity index is 1.86. The monoisotopic (exact) mass is 368 g/mol. The summed E-state index contributed by atoms with van der Waals surface area (Å²) in [6, 6.07) is 0.556. The number of unbranched alkanes of at least 4 members (excludes halogenated alkanes) is 1. The normalized spacial score (nSPS) is 25.2. The summed E-state index contributed by atoms with van der Waals surface area (Å²) in [6.45, 7) is 7.75. The number of hydrogen-bond acceptors (Lipinski definition) is 4. The van der Waals surface area contributed by atoms with Gasteiger partial charge in [0.15, 0.2) is 0 Å². The maximum absolute atomic E-state index is 11.7. The minimum Gasteiger partial charge on any atom is -0.466 e. The van der Waals surface area contributed by atoms with Crippen molar-refractivity contribution in [3.63, 3.8) is 0 Å². The summed E-state index contributed by atoms with van der Waals surface area (Å²) >= 11 is 0. The maximum Gasteiger partial charge on any atom is 0.407 e. The number of amides is 1. The van der Waals surface area contributed by atoms with Crippen LogP contribution in [0.5, 0.6) is 0 Å². The van der Waals surface area contributed by atoms with Gasteiger partial charge in [0.05, 0.1) is 13.0 Å². The quantitative estimate of drug-likeness (QED) is 0.663. The highest BCUT2D eigenvalue weighted by Crippen LogP contribution is 2.36. The van der Waals surface area contributed by atoms with E-state index in [0.29, 0.717) is 44.0 Å². The van der Waals surface area contributed by atoms with Crippen LogP contribution in [0.15, 0.2) is 0 Å². The second-order valence-corrected chi connectivity index (χ2v) is 7.78. The van der Waals surface area contributed by atoms with E-state index in [2.05, 4.69) is 11.8 Å². The van der Waals surface area contributed by atoms with Gasteiger partial charge in [0, 0.05) is 25.7 Å². The zero-order valence-corrected chi connectivity index (χ0v) is 16.5. The van der Waals surface area contributed by atoms with Gasteiger partial charge in [-0.3, -0.25) is 9.69 Å².